The van der Waals surface area contributed by atoms with Crippen LogP contribution < -0.4 is 0 Å². The average Bonchev–Trinajstić information content (AvgIpc) is 3.35. The number of phosphoric acid groups is 1. The van der Waals surface area contributed by atoms with Gasteiger partial charge in [0, 0.05) is 19.3 Å². The maximum Gasteiger partial charge on any atom is 0.472 e. The quantitative estimate of drug-likeness (QED) is 0.0197. The minimum absolute atomic E-state index is 0.158. The van der Waals surface area contributed by atoms with Crippen molar-refractivity contribution in [3.8, 4) is 0 Å². The lowest BCUT2D eigenvalue weighted by Crippen LogP contribution is -2.30. The maximum atomic E-state index is 12.9. The summed E-state index contributed by atoms with van der Waals surface area (Å²) >= 11 is 0. The zero-order valence-electron chi connectivity index (χ0n) is 45.0. The smallest absolute Gasteiger partial charge is 0.462 e. The Bertz CT molecular complexity index is 1360. The molecule has 3 atom stereocenters. The lowest BCUT2D eigenvalue weighted by Gasteiger charge is -2.21. The molecule has 0 rings (SSSR count). The molecule has 0 bridgehead atoms. The molecule has 0 radical (unpaired) electrons. The molecular weight excluding hydrogens is 904 g/mol. The number of hydrogen-bond acceptors (Lipinski definition) is 10. The van der Waals surface area contributed by atoms with Gasteiger partial charge in [0.15, 0.2) is 6.10 Å². The number of aliphatic hydroxyl groups is 1. The number of carbonyl (C=O) groups excluding carboxylic acids is 3. The zero-order chi connectivity index (χ0) is 51.3. The van der Waals surface area contributed by atoms with Crippen LogP contribution in [-0.4, -0.2) is 66.5 Å². The summed E-state index contributed by atoms with van der Waals surface area (Å²) in [5.74, 6) is -1.47. The molecule has 0 fully saturated rings. The molecule has 3 unspecified atom stereocenters. The Morgan fingerprint density at radius 1 is 0.414 bits per heavy atom. The van der Waals surface area contributed by atoms with Gasteiger partial charge in [-0.2, -0.15) is 0 Å². The second-order valence-electron chi connectivity index (χ2n) is 19.1. The highest BCUT2D eigenvalue weighted by Crippen LogP contribution is 2.43. The Kier molecular flexibility index (Phi) is 50.8. The van der Waals surface area contributed by atoms with Crippen molar-refractivity contribution in [1.29, 1.82) is 0 Å². The number of ether oxygens (including phenoxy) is 3. The SMILES string of the molecule is CC/C=C\C/C=C\C/C=C\CCCCCCCCCC(=O)OC(COC(=O)CCCCCCCCCCC)COP(=O)(O)OCC(CO)OC(=O)CCCCCCCCC/C=C\CCCCCCCC. The summed E-state index contributed by atoms with van der Waals surface area (Å²) in [6, 6.07) is 0. The first-order valence-electron chi connectivity index (χ1n) is 28.5. The van der Waals surface area contributed by atoms with Gasteiger partial charge < -0.3 is 24.2 Å². The molecule has 0 aliphatic rings. The number of hydrogen-bond donors (Lipinski definition) is 2. The summed E-state index contributed by atoms with van der Waals surface area (Å²) in [7, 11) is -4.74. The van der Waals surface area contributed by atoms with Gasteiger partial charge in [-0.1, -0.05) is 217 Å². The van der Waals surface area contributed by atoms with Crippen LogP contribution in [0.2, 0.25) is 0 Å². The average molecular weight is 1010 g/mol. The normalized spacial score (nSPS) is 13.7. The predicted molar refractivity (Wildman–Crippen MR) is 289 cm³/mol. The second kappa shape index (κ2) is 52.8. The van der Waals surface area contributed by atoms with Crippen molar-refractivity contribution < 1.29 is 52.2 Å². The molecule has 0 saturated carbocycles. The molecule has 0 saturated heterocycles. The van der Waals surface area contributed by atoms with Crippen LogP contribution in [0.25, 0.3) is 0 Å². The highest BCUT2D eigenvalue weighted by atomic mass is 31.2. The molecule has 0 aliphatic carbocycles. The Hall–Kier alpha value is -2.56. The molecule has 0 amide bonds. The van der Waals surface area contributed by atoms with Gasteiger partial charge in [0.1, 0.15) is 12.7 Å². The molecule has 408 valence electrons. The minimum Gasteiger partial charge on any atom is -0.462 e. The highest BCUT2D eigenvalue weighted by Gasteiger charge is 2.28. The van der Waals surface area contributed by atoms with Gasteiger partial charge in [-0.05, 0) is 77.0 Å². The van der Waals surface area contributed by atoms with Crippen LogP contribution in [0, 0.1) is 0 Å². The maximum absolute atomic E-state index is 12.9. The monoisotopic (exact) mass is 1010 g/mol. The van der Waals surface area contributed by atoms with Crippen molar-refractivity contribution in [2.45, 2.75) is 277 Å². The molecule has 11 nitrogen and oxygen atoms in total. The fourth-order valence-electron chi connectivity index (χ4n) is 7.90. The first-order valence-corrected chi connectivity index (χ1v) is 30.0. The van der Waals surface area contributed by atoms with Gasteiger partial charge in [0.05, 0.1) is 19.8 Å². The van der Waals surface area contributed by atoms with Crippen molar-refractivity contribution >= 4 is 25.7 Å². The Labute approximate surface area is 428 Å². The van der Waals surface area contributed by atoms with Gasteiger partial charge in [0.2, 0.25) is 0 Å². The largest absolute Gasteiger partial charge is 0.472 e. The van der Waals surface area contributed by atoms with Gasteiger partial charge in [0.25, 0.3) is 0 Å². The molecule has 0 aromatic rings. The van der Waals surface area contributed by atoms with Crippen molar-refractivity contribution in [2.24, 2.45) is 0 Å². The van der Waals surface area contributed by atoms with Gasteiger partial charge in [-0.3, -0.25) is 23.4 Å². The number of allylic oxidation sites excluding steroid dienone is 8. The third kappa shape index (κ3) is 50.4. The van der Waals surface area contributed by atoms with E-state index in [1.165, 1.54) is 109 Å². The van der Waals surface area contributed by atoms with E-state index in [9.17, 15) is 28.9 Å². The Morgan fingerprint density at radius 3 is 1.16 bits per heavy atom. The summed E-state index contributed by atoms with van der Waals surface area (Å²) < 4.78 is 39.4. The lowest BCUT2D eigenvalue weighted by atomic mass is 10.1. The van der Waals surface area contributed by atoms with E-state index in [-0.39, 0.29) is 25.9 Å². The van der Waals surface area contributed by atoms with Crippen LogP contribution in [0.4, 0.5) is 0 Å². The molecular formula is C58H105O11P. The van der Waals surface area contributed by atoms with Crippen molar-refractivity contribution in [3.63, 3.8) is 0 Å². The summed E-state index contributed by atoms with van der Waals surface area (Å²) in [5, 5.41) is 9.81. The molecule has 0 heterocycles. The van der Waals surface area contributed by atoms with Crippen LogP contribution in [0.1, 0.15) is 265 Å². The standard InChI is InChI=1S/C58H105O11P/c1-4-7-10-13-16-19-21-23-25-27-29-31-33-36-39-42-45-48-57(61)68-54(50-59)52-66-70(63,64)67-53-55(51-65-56(60)47-44-41-38-35-18-15-12-9-6-3)69-58(62)49-46-43-40-37-34-32-30-28-26-24-22-20-17-14-11-8-5-2/h8,11,17,20,23-26,54-55,59H,4-7,9-10,12-16,18-19,21-22,27-53H2,1-3H3,(H,63,64)/b11-8-,20-17-,25-23-,26-24-. The van der Waals surface area contributed by atoms with Crippen molar-refractivity contribution in [2.75, 3.05) is 26.4 Å². The van der Waals surface area contributed by atoms with E-state index in [1.807, 2.05) is 0 Å². The number of rotatable bonds is 53. The number of carbonyl (C=O) groups is 3. The summed E-state index contributed by atoms with van der Waals surface area (Å²) in [4.78, 5) is 48.4. The number of unbranched alkanes of at least 4 members (excludes halogenated alkanes) is 28. The molecule has 0 spiro atoms. The van der Waals surface area contributed by atoms with E-state index in [0.29, 0.717) is 19.3 Å². The first kappa shape index (κ1) is 67.4. The van der Waals surface area contributed by atoms with Crippen LogP contribution in [0.15, 0.2) is 48.6 Å². The Morgan fingerprint density at radius 2 is 0.743 bits per heavy atom. The number of esters is 3. The summed E-state index contributed by atoms with van der Waals surface area (Å²) in [6.07, 6.45) is 55.0. The van der Waals surface area contributed by atoms with Crippen LogP contribution in [-0.2, 0) is 42.2 Å². The van der Waals surface area contributed by atoms with E-state index in [1.54, 1.807) is 0 Å². The topological polar surface area (TPSA) is 155 Å². The van der Waals surface area contributed by atoms with Gasteiger partial charge in [-0.25, -0.2) is 4.57 Å². The number of phosphoric ester groups is 1. The van der Waals surface area contributed by atoms with Gasteiger partial charge >= 0.3 is 25.7 Å². The fourth-order valence-corrected chi connectivity index (χ4v) is 8.68. The first-order chi connectivity index (χ1) is 34.2. The third-order valence-electron chi connectivity index (χ3n) is 12.2. The van der Waals surface area contributed by atoms with Crippen molar-refractivity contribution in [3.05, 3.63) is 48.6 Å². The predicted octanol–water partition coefficient (Wildman–Crippen LogP) is 16.6. The van der Waals surface area contributed by atoms with Gasteiger partial charge in [-0.15, -0.1) is 0 Å². The molecule has 70 heavy (non-hydrogen) atoms. The van der Waals surface area contributed by atoms with Crippen LogP contribution >= 0.6 is 7.82 Å². The third-order valence-corrected chi connectivity index (χ3v) is 13.2. The summed E-state index contributed by atoms with van der Waals surface area (Å²) in [5.41, 5.74) is 0. The van der Waals surface area contributed by atoms with E-state index in [0.717, 1.165) is 96.3 Å². The van der Waals surface area contributed by atoms with E-state index < -0.39 is 57.8 Å². The molecule has 0 aliphatic heterocycles. The van der Waals surface area contributed by atoms with Crippen LogP contribution in [0.5, 0.6) is 0 Å². The Balaban J connectivity index is 4.62. The minimum atomic E-state index is -4.74. The van der Waals surface area contributed by atoms with Crippen molar-refractivity contribution in [1.82, 2.24) is 0 Å². The van der Waals surface area contributed by atoms with E-state index in [2.05, 4.69) is 69.4 Å². The molecule has 0 aromatic carbocycles. The number of aliphatic hydroxyl groups excluding tert-OH is 1. The fraction of sp³-hybridized carbons (Fsp3) is 0.810. The molecule has 2 N–H and O–H groups in total. The molecule has 12 heteroatoms. The lowest BCUT2D eigenvalue weighted by molar-refractivity contribution is -0.161. The van der Waals surface area contributed by atoms with E-state index >= 15 is 0 Å². The van der Waals surface area contributed by atoms with Crippen LogP contribution in [0.3, 0.4) is 0 Å². The second-order valence-corrected chi connectivity index (χ2v) is 20.5. The highest BCUT2D eigenvalue weighted by molar-refractivity contribution is 7.47. The summed E-state index contributed by atoms with van der Waals surface area (Å²) in [6.45, 7) is 4.51. The zero-order valence-corrected chi connectivity index (χ0v) is 45.9. The van der Waals surface area contributed by atoms with E-state index in [4.69, 9.17) is 23.3 Å². The molecule has 0 aromatic heterocycles.